The second-order valence-electron chi connectivity index (χ2n) is 4.56. The number of aromatic amines is 1. The number of nitro benzene ring substituents is 1. The Kier molecular flexibility index (Phi) is 3.93. The van der Waals surface area contributed by atoms with Crippen LogP contribution in [-0.2, 0) is 0 Å². The summed E-state index contributed by atoms with van der Waals surface area (Å²) in [6.07, 6.45) is 0. The fourth-order valence-corrected chi connectivity index (χ4v) is 2.20. The number of hydrogen-bond donors (Lipinski definition) is 5. The Bertz CT molecular complexity index is 947. The highest BCUT2D eigenvalue weighted by molar-refractivity contribution is 6.08. The van der Waals surface area contributed by atoms with Crippen molar-refractivity contribution in [3.8, 4) is 16.9 Å². The number of aromatic hydroxyl groups is 1. The van der Waals surface area contributed by atoms with Gasteiger partial charge in [-0.2, -0.15) is 0 Å². The molecule has 1 aromatic carbocycles. The smallest absolute Gasteiger partial charge is 0.342 e. The van der Waals surface area contributed by atoms with Crippen molar-refractivity contribution in [2.75, 3.05) is 5.73 Å². The second-order valence-corrected chi connectivity index (χ2v) is 4.56. The molecule has 0 saturated carbocycles. The van der Waals surface area contributed by atoms with Crippen LogP contribution in [0, 0.1) is 10.1 Å². The number of phenolic OH excluding ortho intramolecular Hbond substituents is 1. The van der Waals surface area contributed by atoms with E-state index >= 15 is 0 Å². The summed E-state index contributed by atoms with van der Waals surface area (Å²) in [5.41, 5.74) is 0.282. The number of nitrogens with one attached hydrogen (secondary N) is 1. The highest BCUT2D eigenvalue weighted by atomic mass is 16.6. The summed E-state index contributed by atoms with van der Waals surface area (Å²) in [4.78, 5) is 46.8. The molecular formula is C13H9N3O8. The van der Waals surface area contributed by atoms with E-state index in [1.54, 1.807) is 0 Å². The quantitative estimate of drug-likeness (QED) is 0.393. The lowest BCUT2D eigenvalue weighted by atomic mass is 9.94. The molecule has 2 rings (SSSR count). The molecule has 0 unspecified atom stereocenters. The maximum atomic E-state index is 11.9. The van der Waals surface area contributed by atoms with Gasteiger partial charge in [-0.15, -0.1) is 0 Å². The maximum Gasteiger partial charge on any atom is 0.342 e. The third-order valence-electron chi connectivity index (χ3n) is 3.12. The van der Waals surface area contributed by atoms with Crippen LogP contribution in [0.2, 0.25) is 0 Å². The Morgan fingerprint density at radius 2 is 1.75 bits per heavy atom. The number of nitrogen functional groups attached to an aromatic ring is 1. The largest absolute Gasteiger partial charge is 0.508 e. The number of H-pyrrole nitrogens is 1. The van der Waals surface area contributed by atoms with Crippen molar-refractivity contribution in [2.45, 2.75) is 0 Å². The first kappa shape index (κ1) is 16.5. The molecule has 1 heterocycles. The molecule has 0 fully saturated rings. The molecule has 0 aliphatic rings. The zero-order valence-electron chi connectivity index (χ0n) is 11.6. The molecule has 0 bridgehead atoms. The van der Waals surface area contributed by atoms with Crippen LogP contribution >= 0.6 is 0 Å². The number of rotatable bonds is 4. The van der Waals surface area contributed by atoms with E-state index in [1.165, 1.54) is 0 Å². The van der Waals surface area contributed by atoms with Gasteiger partial charge in [0.05, 0.1) is 10.5 Å². The second kappa shape index (κ2) is 5.72. The first-order valence-electron chi connectivity index (χ1n) is 6.15. The lowest BCUT2D eigenvalue weighted by Crippen LogP contribution is -2.24. The Balaban J connectivity index is 3.11. The molecule has 11 nitrogen and oxygen atoms in total. The summed E-state index contributed by atoms with van der Waals surface area (Å²) >= 11 is 0. The number of phenols is 1. The van der Waals surface area contributed by atoms with Gasteiger partial charge in [-0.05, 0) is 12.1 Å². The molecule has 24 heavy (non-hydrogen) atoms. The molecule has 124 valence electrons. The van der Waals surface area contributed by atoms with Crippen LogP contribution in [0.3, 0.4) is 0 Å². The SMILES string of the molecule is Nc1[nH]c(=O)c(C(=O)O)c(-c2cc(O)ccc2[N+](=O)[O-])c1C(=O)O. The summed E-state index contributed by atoms with van der Waals surface area (Å²) in [5, 5.41) is 39.2. The minimum Gasteiger partial charge on any atom is -0.508 e. The summed E-state index contributed by atoms with van der Waals surface area (Å²) in [5.74, 6) is -4.70. The van der Waals surface area contributed by atoms with Crippen molar-refractivity contribution in [3.63, 3.8) is 0 Å². The number of aromatic carboxylic acids is 2. The third kappa shape index (κ3) is 2.61. The Morgan fingerprint density at radius 3 is 2.25 bits per heavy atom. The first-order chi connectivity index (χ1) is 11.1. The number of carboxylic acids is 2. The van der Waals surface area contributed by atoms with Crippen LogP contribution < -0.4 is 11.3 Å². The Hall–Kier alpha value is -3.89. The normalized spacial score (nSPS) is 10.3. The van der Waals surface area contributed by atoms with Crippen LogP contribution in [0.4, 0.5) is 11.5 Å². The standard InChI is InChI=1S/C13H9N3O8/c14-10-8(12(19)20)7(9(13(21)22)11(18)15-10)5-3-4(17)1-2-6(5)16(23)24/h1-3,17H,(H,19,20)(H,21,22)(H3,14,15,18). The van der Waals surface area contributed by atoms with Gasteiger partial charge in [-0.25, -0.2) is 9.59 Å². The molecule has 0 saturated heterocycles. The lowest BCUT2D eigenvalue weighted by molar-refractivity contribution is -0.384. The highest BCUT2D eigenvalue weighted by Crippen LogP contribution is 2.37. The number of benzene rings is 1. The predicted octanol–water partition coefficient (Wildman–Crippen LogP) is 0.634. The van der Waals surface area contributed by atoms with Gasteiger partial charge in [0, 0.05) is 11.6 Å². The average molecular weight is 335 g/mol. The van der Waals surface area contributed by atoms with Crippen molar-refractivity contribution in [3.05, 3.63) is 49.8 Å². The number of nitrogens with zero attached hydrogens (tertiary/aromatic N) is 1. The summed E-state index contributed by atoms with van der Waals surface area (Å²) in [6.45, 7) is 0. The first-order valence-corrected chi connectivity index (χ1v) is 6.15. The zero-order chi connectivity index (χ0) is 18.2. The monoisotopic (exact) mass is 335 g/mol. The van der Waals surface area contributed by atoms with Crippen LogP contribution in [0.15, 0.2) is 23.0 Å². The summed E-state index contributed by atoms with van der Waals surface area (Å²) in [7, 11) is 0. The number of nitrogens with two attached hydrogens (primary N) is 1. The van der Waals surface area contributed by atoms with E-state index in [1.807, 2.05) is 4.98 Å². The van der Waals surface area contributed by atoms with E-state index in [0.717, 1.165) is 18.2 Å². The van der Waals surface area contributed by atoms with E-state index in [-0.39, 0.29) is 0 Å². The molecule has 0 aliphatic carbocycles. The maximum absolute atomic E-state index is 11.9. The fraction of sp³-hybridized carbons (Fsp3) is 0. The molecule has 11 heteroatoms. The number of aromatic nitrogens is 1. The molecule has 0 amide bonds. The Labute approximate surface area is 131 Å². The van der Waals surface area contributed by atoms with Crippen molar-refractivity contribution in [1.82, 2.24) is 4.98 Å². The third-order valence-corrected chi connectivity index (χ3v) is 3.12. The lowest BCUT2D eigenvalue weighted by Gasteiger charge is -2.12. The molecule has 0 atom stereocenters. The van der Waals surface area contributed by atoms with Gasteiger partial charge in [0.25, 0.3) is 11.2 Å². The molecule has 0 radical (unpaired) electrons. The summed E-state index contributed by atoms with van der Waals surface area (Å²) in [6, 6.07) is 2.59. The predicted molar refractivity (Wildman–Crippen MR) is 79.1 cm³/mol. The van der Waals surface area contributed by atoms with E-state index in [0.29, 0.717) is 0 Å². The summed E-state index contributed by atoms with van der Waals surface area (Å²) < 4.78 is 0. The van der Waals surface area contributed by atoms with Gasteiger partial charge in [0.1, 0.15) is 22.7 Å². The van der Waals surface area contributed by atoms with Crippen molar-refractivity contribution >= 4 is 23.4 Å². The molecular weight excluding hydrogens is 326 g/mol. The van der Waals surface area contributed by atoms with E-state index in [9.17, 15) is 39.8 Å². The number of anilines is 1. The minimum atomic E-state index is -1.81. The number of nitro groups is 1. The van der Waals surface area contributed by atoms with Gasteiger partial charge < -0.3 is 26.0 Å². The van der Waals surface area contributed by atoms with Crippen LogP contribution in [0.25, 0.3) is 11.1 Å². The van der Waals surface area contributed by atoms with E-state index in [4.69, 9.17) is 5.73 Å². The zero-order valence-corrected chi connectivity index (χ0v) is 11.6. The van der Waals surface area contributed by atoms with Gasteiger partial charge >= 0.3 is 11.9 Å². The van der Waals surface area contributed by atoms with Gasteiger partial charge in [0.15, 0.2) is 0 Å². The van der Waals surface area contributed by atoms with Gasteiger partial charge in [0.2, 0.25) is 0 Å². The van der Waals surface area contributed by atoms with Crippen LogP contribution in [-0.4, -0.2) is 37.2 Å². The molecule has 1 aromatic heterocycles. The topological polar surface area (TPSA) is 197 Å². The average Bonchev–Trinajstić information content (AvgIpc) is 2.44. The molecule has 0 spiro atoms. The van der Waals surface area contributed by atoms with Crippen molar-refractivity contribution in [1.29, 1.82) is 0 Å². The van der Waals surface area contributed by atoms with Gasteiger partial charge in [-0.1, -0.05) is 0 Å². The number of hydrogen-bond acceptors (Lipinski definition) is 7. The van der Waals surface area contributed by atoms with Gasteiger partial charge in [-0.3, -0.25) is 14.9 Å². The van der Waals surface area contributed by atoms with Crippen LogP contribution in [0.5, 0.6) is 5.75 Å². The van der Waals surface area contributed by atoms with E-state index < -0.39 is 61.9 Å². The van der Waals surface area contributed by atoms with Crippen LogP contribution in [0.1, 0.15) is 20.7 Å². The Morgan fingerprint density at radius 1 is 1.17 bits per heavy atom. The number of pyridine rings is 1. The molecule has 0 aliphatic heterocycles. The number of carboxylic acid groups (broad SMARTS) is 2. The fourth-order valence-electron chi connectivity index (χ4n) is 2.20. The number of carbonyl (C=O) groups is 2. The highest BCUT2D eigenvalue weighted by Gasteiger charge is 2.30. The molecule has 6 N–H and O–H groups in total. The van der Waals surface area contributed by atoms with Crippen molar-refractivity contribution in [2.24, 2.45) is 0 Å². The molecule has 2 aromatic rings. The minimum absolute atomic E-state index is 0.498. The van der Waals surface area contributed by atoms with E-state index in [2.05, 4.69) is 0 Å². The van der Waals surface area contributed by atoms with Crippen molar-refractivity contribution < 1.29 is 29.8 Å².